The van der Waals surface area contributed by atoms with E-state index in [1.54, 1.807) is 0 Å². The molecule has 0 spiro atoms. The average molecular weight is 409 g/mol. The maximum Gasteiger partial charge on any atom is 0.225 e. The number of anilines is 2. The second-order valence-electron chi connectivity index (χ2n) is 8.07. The molecule has 8 nitrogen and oxygen atoms in total. The maximum absolute atomic E-state index is 6.45. The van der Waals surface area contributed by atoms with Gasteiger partial charge < -0.3 is 19.7 Å². The van der Waals surface area contributed by atoms with Crippen LogP contribution >= 0.6 is 0 Å². The summed E-state index contributed by atoms with van der Waals surface area (Å²) in [5, 5.41) is 8.94. The number of aryl methyl sites for hydroxylation is 1. The van der Waals surface area contributed by atoms with E-state index in [1.165, 1.54) is 0 Å². The Morgan fingerprint density at radius 1 is 1.13 bits per heavy atom. The molecule has 0 radical (unpaired) electrons. The minimum atomic E-state index is 0.169. The van der Waals surface area contributed by atoms with Crippen molar-refractivity contribution in [3.63, 3.8) is 0 Å². The van der Waals surface area contributed by atoms with E-state index in [0.717, 1.165) is 74.5 Å². The fraction of sp³-hybridized carbons (Fsp3) is 0.500. The van der Waals surface area contributed by atoms with E-state index < -0.39 is 0 Å². The molecule has 0 amide bonds. The lowest BCUT2D eigenvalue weighted by Gasteiger charge is -2.31. The maximum atomic E-state index is 6.45. The van der Waals surface area contributed by atoms with Gasteiger partial charge in [0.15, 0.2) is 0 Å². The number of fused-ring (bicyclic) bond motifs is 1. The predicted octanol–water partition coefficient (Wildman–Crippen LogP) is 3.00. The lowest BCUT2D eigenvalue weighted by Crippen LogP contribution is -2.37. The van der Waals surface area contributed by atoms with Crippen LogP contribution < -0.4 is 15.0 Å². The number of hydrogen-bond donors (Lipinski definition) is 1. The molecule has 0 aromatic carbocycles. The van der Waals surface area contributed by atoms with Crippen LogP contribution in [-0.2, 0) is 11.8 Å². The lowest BCUT2D eigenvalue weighted by atomic mass is 9.93. The van der Waals surface area contributed by atoms with Gasteiger partial charge in [-0.25, -0.2) is 0 Å². The number of rotatable bonds is 5. The molecule has 30 heavy (non-hydrogen) atoms. The molecular formula is C22H28N6O2. The highest BCUT2D eigenvalue weighted by molar-refractivity contribution is 5.85. The topological polar surface area (TPSA) is 77.3 Å². The number of morpholine rings is 1. The molecule has 5 rings (SSSR count). The van der Waals surface area contributed by atoms with Gasteiger partial charge in [-0.3, -0.25) is 9.67 Å². The van der Waals surface area contributed by atoms with Gasteiger partial charge in [0.1, 0.15) is 17.7 Å². The molecule has 1 saturated carbocycles. The van der Waals surface area contributed by atoms with Crippen molar-refractivity contribution in [2.45, 2.75) is 37.8 Å². The first-order valence-corrected chi connectivity index (χ1v) is 10.8. The van der Waals surface area contributed by atoms with Crippen molar-refractivity contribution in [3.05, 3.63) is 36.7 Å². The van der Waals surface area contributed by atoms with Crippen molar-refractivity contribution in [3.8, 4) is 5.88 Å². The minimum absolute atomic E-state index is 0.169. The van der Waals surface area contributed by atoms with Crippen molar-refractivity contribution < 1.29 is 9.47 Å². The summed E-state index contributed by atoms with van der Waals surface area (Å²) in [6.07, 6.45) is 8.06. The number of nitrogens with one attached hydrogen (secondary N) is 1. The lowest BCUT2D eigenvalue weighted by molar-refractivity contribution is 0.122. The fourth-order valence-electron chi connectivity index (χ4n) is 4.26. The average Bonchev–Trinajstić information content (AvgIpc) is 3.20. The second kappa shape index (κ2) is 8.47. The van der Waals surface area contributed by atoms with Gasteiger partial charge in [-0.15, -0.1) is 0 Å². The predicted molar refractivity (Wildman–Crippen MR) is 116 cm³/mol. The van der Waals surface area contributed by atoms with E-state index in [1.807, 2.05) is 42.3 Å². The number of aromatic nitrogens is 4. The normalized spacial score (nSPS) is 22.2. The smallest absolute Gasteiger partial charge is 0.225 e. The largest absolute Gasteiger partial charge is 0.474 e. The highest BCUT2D eigenvalue weighted by atomic mass is 16.5. The second-order valence-corrected chi connectivity index (χ2v) is 8.07. The molecule has 1 saturated heterocycles. The summed E-state index contributed by atoms with van der Waals surface area (Å²) < 4.78 is 13.8. The van der Waals surface area contributed by atoms with Gasteiger partial charge in [-0.2, -0.15) is 10.1 Å². The van der Waals surface area contributed by atoms with Gasteiger partial charge in [0.25, 0.3) is 0 Å². The van der Waals surface area contributed by atoms with Gasteiger partial charge in [0.2, 0.25) is 5.88 Å². The van der Waals surface area contributed by atoms with E-state index in [4.69, 9.17) is 14.5 Å². The van der Waals surface area contributed by atoms with Gasteiger partial charge in [-0.05, 0) is 37.8 Å². The SMILES string of the molecule is Cn1ccc(N[C@H]2CC[C@@H](Oc3nc(N4CCOCC4)cc4ncccc34)CC2)n1. The molecule has 0 bridgehead atoms. The van der Waals surface area contributed by atoms with Crippen molar-refractivity contribution in [1.29, 1.82) is 0 Å². The highest BCUT2D eigenvalue weighted by Crippen LogP contribution is 2.31. The van der Waals surface area contributed by atoms with E-state index in [9.17, 15) is 0 Å². The zero-order valence-electron chi connectivity index (χ0n) is 17.3. The third kappa shape index (κ3) is 4.18. The Morgan fingerprint density at radius 2 is 1.97 bits per heavy atom. The van der Waals surface area contributed by atoms with E-state index >= 15 is 0 Å². The summed E-state index contributed by atoms with van der Waals surface area (Å²) in [5.41, 5.74) is 0.925. The zero-order chi connectivity index (χ0) is 20.3. The van der Waals surface area contributed by atoms with Gasteiger partial charge in [0.05, 0.1) is 24.1 Å². The van der Waals surface area contributed by atoms with E-state index in [-0.39, 0.29) is 6.10 Å². The number of pyridine rings is 2. The Hall–Kier alpha value is -2.87. The third-order valence-corrected chi connectivity index (χ3v) is 5.90. The Balaban J connectivity index is 1.29. The van der Waals surface area contributed by atoms with Crippen LogP contribution in [-0.4, -0.2) is 58.2 Å². The standard InChI is InChI=1S/C22H28N6O2/c1-27-10-8-20(26-27)24-16-4-6-17(7-5-16)30-22-18-3-2-9-23-19(18)15-21(25-22)28-11-13-29-14-12-28/h2-3,8-10,15-17H,4-7,11-14H2,1H3,(H,24,26)/t16-,17+. The number of hydrogen-bond acceptors (Lipinski definition) is 7. The summed E-state index contributed by atoms with van der Waals surface area (Å²) in [4.78, 5) is 11.7. The molecule has 4 heterocycles. The van der Waals surface area contributed by atoms with Crippen LogP contribution in [0.4, 0.5) is 11.6 Å². The summed E-state index contributed by atoms with van der Waals surface area (Å²) in [6, 6.07) is 8.50. The van der Waals surface area contributed by atoms with Crippen LogP contribution in [0.3, 0.4) is 0 Å². The summed E-state index contributed by atoms with van der Waals surface area (Å²) in [7, 11) is 1.94. The van der Waals surface area contributed by atoms with Crippen molar-refractivity contribution >= 4 is 22.5 Å². The molecule has 0 atom stereocenters. The van der Waals surface area contributed by atoms with Crippen molar-refractivity contribution in [2.24, 2.45) is 7.05 Å². The molecule has 2 aliphatic rings. The Kier molecular flexibility index (Phi) is 5.40. The minimum Gasteiger partial charge on any atom is -0.474 e. The molecule has 158 valence electrons. The van der Waals surface area contributed by atoms with Crippen LogP contribution in [0.15, 0.2) is 36.7 Å². The molecule has 1 aliphatic heterocycles. The summed E-state index contributed by atoms with van der Waals surface area (Å²) in [5.74, 6) is 2.56. The third-order valence-electron chi connectivity index (χ3n) is 5.90. The van der Waals surface area contributed by atoms with Crippen LogP contribution in [0.25, 0.3) is 10.9 Å². The Bertz CT molecular complexity index is 992. The first-order chi connectivity index (χ1) is 14.7. The molecule has 1 N–H and O–H groups in total. The summed E-state index contributed by atoms with van der Waals surface area (Å²) in [6.45, 7) is 3.14. The first-order valence-electron chi connectivity index (χ1n) is 10.8. The quantitative estimate of drug-likeness (QED) is 0.695. The highest BCUT2D eigenvalue weighted by Gasteiger charge is 2.25. The Morgan fingerprint density at radius 3 is 2.73 bits per heavy atom. The molecule has 1 aliphatic carbocycles. The molecule has 0 unspecified atom stereocenters. The molecule has 3 aromatic heterocycles. The molecule has 2 fully saturated rings. The van der Waals surface area contributed by atoms with E-state index in [2.05, 4.69) is 26.4 Å². The van der Waals surface area contributed by atoms with Gasteiger partial charge in [-0.1, -0.05) is 0 Å². The van der Waals surface area contributed by atoms with Gasteiger partial charge in [0, 0.05) is 50.7 Å². The monoisotopic (exact) mass is 408 g/mol. The summed E-state index contributed by atoms with van der Waals surface area (Å²) >= 11 is 0. The number of nitrogens with zero attached hydrogens (tertiary/aromatic N) is 5. The van der Waals surface area contributed by atoms with E-state index in [0.29, 0.717) is 11.9 Å². The molecule has 8 heteroatoms. The van der Waals surface area contributed by atoms with Crippen molar-refractivity contribution in [2.75, 3.05) is 36.5 Å². The molecular weight excluding hydrogens is 380 g/mol. The van der Waals surface area contributed by atoms with Crippen LogP contribution in [0.1, 0.15) is 25.7 Å². The Labute approximate surface area is 176 Å². The number of ether oxygens (including phenoxy) is 2. The first kappa shape index (κ1) is 19.1. The fourth-order valence-corrected chi connectivity index (χ4v) is 4.26. The van der Waals surface area contributed by atoms with Crippen LogP contribution in [0.5, 0.6) is 5.88 Å². The zero-order valence-corrected chi connectivity index (χ0v) is 17.3. The molecule has 3 aromatic rings. The van der Waals surface area contributed by atoms with Crippen LogP contribution in [0.2, 0.25) is 0 Å². The van der Waals surface area contributed by atoms with Gasteiger partial charge >= 0.3 is 0 Å². The van der Waals surface area contributed by atoms with Crippen LogP contribution in [0, 0.1) is 0 Å². The van der Waals surface area contributed by atoms with Crippen molar-refractivity contribution in [1.82, 2.24) is 19.7 Å².